The molecular formula is C24H26F3NO7S. The van der Waals surface area contributed by atoms with E-state index in [1.165, 1.54) is 48.5 Å². The molecule has 1 saturated carbocycles. The van der Waals surface area contributed by atoms with Crippen molar-refractivity contribution < 1.29 is 45.7 Å². The Morgan fingerprint density at radius 1 is 0.944 bits per heavy atom. The molecule has 2 fully saturated rings. The van der Waals surface area contributed by atoms with Crippen molar-refractivity contribution in [2.45, 2.75) is 49.4 Å². The summed E-state index contributed by atoms with van der Waals surface area (Å²) in [7, 11) is -4.04. The second-order valence-electron chi connectivity index (χ2n) is 8.84. The predicted molar refractivity (Wildman–Crippen MR) is 121 cm³/mol. The first-order valence-corrected chi connectivity index (χ1v) is 13.0. The molecule has 2 aromatic rings. The average molecular weight is 530 g/mol. The number of rotatable bonds is 7. The van der Waals surface area contributed by atoms with Gasteiger partial charge in [0, 0.05) is 12.5 Å². The van der Waals surface area contributed by atoms with Gasteiger partial charge < -0.3 is 19.3 Å². The van der Waals surface area contributed by atoms with Crippen molar-refractivity contribution in [2.75, 3.05) is 13.2 Å². The molecule has 0 bridgehead atoms. The van der Waals surface area contributed by atoms with Crippen LogP contribution in [0.4, 0.5) is 18.0 Å². The van der Waals surface area contributed by atoms with E-state index >= 15 is 0 Å². The van der Waals surface area contributed by atoms with Crippen LogP contribution in [0.1, 0.15) is 32.1 Å². The predicted octanol–water partition coefficient (Wildman–Crippen LogP) is 5.64. The van der Waals surface area contributed by atoms with Crippen molar-refractivity contribution in [3.63, 3.8) is 0 Å². The monoisotopic (exact) mass is 529 g/mol. The number of alkyl halides is 3. The van der Waals surface area contributed by atoms with E-state index in [1.54, 1.807) is 0 Å². The Hall–Kier alpha value is -2.99. The van der Waals surface area contributed by atoms with Crippen LogP contribution in [-0.2, 0) is 14.8 Å². The van der Waals surface area contributed by atoms with Crippen molar-refractivity contribution in [3.05, 3.63) is 48.5 Å². The number of sulfonamides is 1. The number of halogens is 3. The van der Waals surface area contributed by atoms with Crippen molar-refractivity contribution >= 4 is 16.2 Å². The number of nitrogens with zero attached hydrogens (tertiary/aromatic N) is 1. The van der Waals surface area contributed by atoms with Gasteiger partial charge in [-0.25, -0.2) is 13.2 Å². The number of fused-ring (bicyclic) bond motifs is 1. The van der Waals surface area contributed by atoms with E-state index in [0.717, 1.165) is 23.6 Å². The Morgan fingerprint density at radius 2 is 1.53 bits per heavy atom. The normalized spacial score (nSPS) is 22.9. The van der Waals surface area contributed by atoms with E-state index in [4.69, 9.17) is 9.47 Å². The molecule has 1 saturated heterocycles. The molecule has 8 nitrogen and oxygen atoms in total. The second kappa shape index (κ2) is 10.6. The van der Waals surface area contributed by atoms with E-state index in [2.05, 4.69) is 4.74 Å². The number of carbonyl (C=O) groups is 1. The van der Waals surface area contributed by atoms with E-state index in [0.29, 0.717) is 24.3 Å². The molecule has 196 valence electrons. The summed E-state index contributed by atoms with van der Waals surface area (Å²) in [4.78, 5) is 11.3. The fourth-order valence-corrected chi connectivity index (χ4v) is 6.40. The first-order chi connectivity index (χ1) is 17.0. The molecule has 1 aliphatic heterocycles. The topological polar surface area (TPSA) is 102 Å². The molecule has 4 rings (SSSR count). The summed E-state index contributed by atoms with van der Waals surface area (Å²) in [5, 5.41) is 9.25. The van der Waals surface area contributed by atoms with Gasteiger partial charge >= 0.3 is 12.3 Å². The van der Waals surface area contributed by atoms with Gasteiger partial charge in [0.1, 0.15) is 17.2 Å². The number of piperidine rings is 1. The maximum Gasteiger partial charge on any atom is 0.507 e. The number of benzene rings is 2. The van der Waals surface area contributed by atoms with Gasteiger partial charge in [-0.3, -0.25) is 0 Å². The highest BCUT2D eigenvalue weighted by Gasteiger charge is 2.46. The summed E-state index contributed by atoms with van der Waals surface area (Å²) in [6.07, 6.45) is -2.79. The van der Waals surface area contributed by atoms with Crippen LogP contribution in [0.3, 0.4) is 0 Å². The minimum absolute atomic E-state index is 0.0287. The van der Waals surface area contributed by atoms with Gasteiger partial charge in [-0.15, -0.1) is 0 Å². The molecule has 1 N–H and O–H groups in total. The molecule has 0 amide bonds. The Balaban J connectivity index is 1.45. The molecule has 36 heavy (non-hydrogen) atoms. The molecule has 1 heterocycles. The van der Waals surface area contributed by atoms with Crippen LogP contribution in [0, 0.1) is 11.8 Å². The summed E-state index contributed by atoms with van der Waals surface area (Å²) in [5.74, 6) is 0.710. The molecule has 0 aromatic heterocycles. The maximum absolute atomic E-state index is 13.4. The number of hydrogen-bond acceptors (Lipinski definition) is 6. The highest BCUT2D eigenvalue weighted by atomic mass is 32.2. The maximum atomic E-state index is 13.4. The van der Waals surface area contributed by atoms with Crippen LogP contribution in [0.15, 0.2) is 53.4 Å². The third kappa shape index (κ3) is 6.22. The van der Waals surface area contributed by atoms with Crippen molar-refractivity contribution in [3.8, 4) is 17.2 Å². The molecule has 0 radical (unpaired) electrons. The van der Waals surface area contributed by atoms with Crippen molar-refractivity contribution in [2.24, 2.45) is 11.8 Å². The summed E-state index contributed by atoms with van der Waals surface area (Å²) in [6, 6.07) is 11.1. The van der Waals surface area contributed by atoms with Crippen LogP contribution in [0.5, 0.6) is 17.2 Å². The zero-order chi connectivity index (χ0) is 25.9. The third-order valence-electron chi connectivity index (χ3n) is 6.45. The first-order valence-electron chi connectivity index (χ1n) is 11.5. The second-order valence-corrected chi connectivity index (χ2v) is 10.7. The van der Waals surface area contributed by atoms with E-state index in [-0.39, 0.29) is 29.0 Å². The van der Waals surface area contributed by atoms with Crippen molar-refractivity contribution in [1.29, 1.82) is 0 Å². The van der Waals surface area contributed by atoms with Gasteiger partial charge in [0.25, 0.3) is 0 Å². The minimum Gasteiger partial charge on any atom is -0.484 e. The quantitative estimate of drug-likeness (QED) is 0.463. The standard InChI is InChI=1S/C24H26F3NO7S/c25-24(26,27)15-33-17-5-7-18(8-6-17)34-19-9-11-20(12-10-19)36(31,32)28-14-13-16-3-1-2-4-21(16)22(28)35-23(29)30/h5-12,16,21-22H,1-4,13-15H2,(H,29,30). The minimum atomic E-state index is -4.44. The first kappa shape index (κ1) is 26.1. The lowest BCUT2D eigenvalue weighted by Gasteiger charge is -2.45. The zero-order valence-electron chi connectivity index (χ0n) is 19.2. The van der Waals surface area contributed by atoms with Crippen LogP contribution >= 0.6 is 0 Å². The summed E-state index contributed by atoms with van der Waals surface area (Å²) < 4.78 is 80.2. The summed E-state index contributed by atoms with van der Waals surface area (Å²) in [6.45, 7) is -1.23. The Bertz CT molecular complexity index is 1150. The molecule has 1 aliphatic carbocycles. The summed E-state index contributed by atoms with van der Waals surface area (Å²) >= 11 is 0. The van der Waals surface area contributed by atoms with Crippen LogP contribution in [0.2, 0.25) is 0 Å². The fourth-order valence-electron chi connectivity index (χ4n) is 4.83. The largest absolute Gasteiger partial charge is 0.507 e. The van der Waals surface area contributed by atoms with Crippen LogP contribution < -0.4 is 9.47 Å². The smallest absolute Gasteiger partial charge is 0.484 e. The Labute approximate surface area is 206 Å². The van der Waals surface area contributed by atoms with Gasteiger partial charge in [-0.1, -0.05) is 12.8 Å². The molecule has 0 spiro atoms. The molecule has 3 unspecified atom stereocenters. The Kier molecular flexibility index (Phi) is 7.65. The lowest BCUT2D eigenvalue weighted by molar-refractivity contribution is -0.153. The molecule has 2 aliphatic rings. The van der Waals surface area contributed by atoms with Gasteiger partial charge in [-0.2, -0.15) is 17.5 Å². The summed E-state index contributed by atoms with van der Waals surface area (Å²) in [5.41, 5.74) is 0. The zero-order valence-corrected chi connectivity index (χ0v) is 20.0. The van der Waals surface area contributed by atoms with Gasteiger partial charge in [0.15, 0.2) is 12.8 Å². The number of ether oxygens (including phenoxy) is 3. The van der Waals surface area contributed by atoms with E-state index in [1.807, 2.05) is 0 Å². The van der Waals surface area contributed by atoms with Gasteiger partial charge in [0.2, 0.25) is 10.0 Å². The highest BCUT2D eigenvalue weighted by molar-refractivity contribution is 7.89. The Morgan fingerprint density at radius 3 is 2.14 bits per heavy atom. The van der Waals surface area contributed by atoms with E-state index < -0.39 is 35.2 Å². The number of hydrogen-bond donors (Lipinski definition) is 1. The highest BCUT2D eigenvalue weighted by Crippen LogP contribution is 2.42. The molecule has 12 heteroatoms. The molecule has 3 atom stereocenters. The van der Waals surface area contributed by atoms with Gasteiger partial charge in [0.05, 0.1) is 4.90 Å². The number of carboxylic acid groups (broad SMARTS) is 1. The third-order valence-corrected chi connectivity index (χ3v) is 8.33. The van der Waals surface area contributed by atoms with Crippen molar-refractivity contribution in [1.82, 2.24) is 4.31 Å². The fraction of sp³-hybridized carbons (Fsp3) is 0.458. The lowest BCUT2D eigenvalue weighted by Crippen LogP contribution is -2.54. The average Bonchev–Trinajstić information content (AvgIpc) is 2.83. The van der Waals surface area contributed by atoms with Gasteiger partial charge in [-0.05, 0) is 73.7 Å². The van der Waals surface area contributed by atoms with Crippen LogP contribution in [0.25, 0.3) is 0 Å². The van der Waals surface area contributed by atoms with E-state index in [9.17, 15) is 31.5 Å². The van der Waals surface area contributed by atoms with Crippen LogP contribution in [-0.4, -0.2) is 49.5 Å². The SMILES string of the molecule is O=C(O)OC1C2CCCCC2CCN1S(=O)(=O)c1ccc(Oc2ccc(OCC(F)(F)F)cc2)cc1. The lowest BCUT2D eigenvalue weighted by atomic mass is 9.74. The molecular weight excluding hydrogens is 503 g/mol. The molecule has 2 aromatic carbocycles.